The molecule has 0 spiro atoms. The highest BCUT2D eigenvalue weighted by atomic mass is 32.1. The summed E-state index contributed by atoms with van der Waals surface area (Å²) in [7, 11) is 0. The molecule has 4 nitrogen and oxygen atoms in total. The molecule has 5 heteroatoms. The number of nitrogens with zero attached hydrogens (tertiary/aromatic N) is 2. The Labute approximate surface area is 138 Å². The fraction of sp³-hybridized carbons (Fsp3) is 0.278. The lowest BCUT2D eigenvalue weighted by Crippen LogP contribution is -2.24. The van der Waals surface area contributed by atoms with Gasteiger partial charge in [0.2, 0.25) is 0 Å². The molecule has 0 radical (unpaired) electrons. The zero-order valence-electron chi connectivity index (χ0n) is 13.4. The van der Waals surface area contributed by atoms with Crippen LogP contribution in [-0.2, 0) is 13.0 Å². The Hall–Kier alpha value is -2.27. The predicted molar refractivity (Wildman–Crippen MR) is 93.5 cm³/mol. The third-order valence-electron chi connectivity index (χ3n) is 4.06. The molecule has 0 fully saturated rings. The van der Waals surface area contributed by atoms with Gasteiger partial charge in [0.15, 0.2) is 5.78 Å². The highest BCUT2D eigenvalue weighted by Gasteiger charge is 2.12. The minimum Gasteiger partial charge on any atom is -0.292 e. The van der Waals surface area contributed by atoms with Gasteiger partial charge in [-0.15, -0.1) is 11.3 Å². The molecule has 0 aliphatic heterocycles. The third kappa shape index (κ3) is 2.97. The summed E-state index contributed by atoms with van der Waals surface area (Å²) in [6.45, 7) is 6.05. The monoisotopic (exact) mass is 326 g/mol. The van der Waals surface area contributed by atoms with Gasteiger partial charge in [-0.3, -0.25) is 14.2 Å². The van der Waals surface area contributed by atoms with E-state index in [9.17, 15) is 9.59 Å². The molecule has 0 N–H and O–H groups in total. The van der Waals surface area contributed by atoms with Crippen molar-refractivity contribution in [2.24, 2.45) is 0 Å². The highest BCUT2D eigenvalue weighted by molar-refractivity contribution is 7.18. The Morgan fingerprint density at radius 3 is 2.70 bits per heavy atom. The van der Waals surface area contributed by atoms with E-state index in [1.807, 2.05) is 39.0 Å². The maximum absolute atomic E-state index is 12.5. The first-order valence-electron chi connectivity index (χ1n) is 7.58. The van der Waals surface area contributed by atoms with Crippen LogP contribution >= 0.6 is 11.3 Å². The quantitative estimate of drug-likeness (QED) is 0.689. The number of thiophene rings is 1. The van der Waals surface area contributed by atoms with Crippen LogP contribution in [0.15, 0.2) is 35.4 Å². The van der Waals surface area contributed by atoms with Gasteiger partial charge in [0, 0.05) is 10.4 Å². The van der Waals surface area contributed by atoms with Gasteiger partial charge in [-0.1, -0.05) is 19.1 Å². The van der Waals surface area contributed by atoms with Crippen LogP contribution < -0.4 is 5.56 Å². The third-order valence-corrected chi connectivity index (χ3v) is 5.25. The summed E-state index contributed by atoms with van der Waals surface area (Å²) in [6.07, 6.45) is 2.35. The lowest BCUT2D eigenvalue weighted by molar-refractivity contribution is 0.0970. The van der Waals surface area contributed by atoms with Crippen molar-refractivity contribution in [2.45, 2.75) is 33.7 Å². The molecule has 118 valence electrons. The fourth-order valence-corrected chi connectivity index (χ4v) is 3.38. The Balaban J connectivity index is 1.94. The summed E-state index contributed by atoms with van der Waals surface area (Å²) in [4.78, 5) is 31.1. The van der Waals surface area contributed by atoms with E-state index in [1.165, 1.54) is 22.2 Å². The number of fused-ring (bicyclic) bond motifs is 1. The minimum atomic E-state index is -0.150. The molecule has 0 saturated heterocycles. The van der Waals surface area contributed by atoms with Crippen LogP contribution in [0.25, 0.3) is 10.2 Å². The van der Waals surface area contributed by atoms with Crippen LogP contribution in [0.2, 0.25) is 0 Å². The van der Waals surface area contributed by atoms with Gasteiger partial charge in [-0.2, -0.15) is 0 Å². The molecule has 1 aromatic carbocycles. The number of Topliss-reactive ketones (excluding diaryl/α,β-unsaturated/α-hetero) is 1. The van der Waals surface area contributed by atoms with Gasteiger partial charge in [-0.05, 0) is 43.5 Å². The molecular weight excluding hydrogens is 308 g/mol. The van der Waals surface area contributed by atoms with Crippen molar-refractivity contribution in [3.8, 4) is 0 Å². The van der Waals surface area contributed by atoms with Crippen molar-refractivity contribution in [1.82, 2.24) is 9.55 Å². The van der Waals surface area contributed by atoms with Crippen molar-refractivity contribution in [1.29, 1.82) is 0 Å². The number of carbonyl (C=O) groups is 1. The van der Waals surface area contributed by atoms with Crippen molar-refractivity contribution in [3.05, 3.63) is 62.5 Å². The van der Waals surface area contributed by atoms with Crippen LogP contribution in [0.5, 0.6) is 0 Å². The molecule has 3 aromatic rings. The molecule has 0 bridgehead atoms. The highest BCUT2D eigenvalue weighted by Crippen LogP contribution is 2.21. The van der Waals surface area contributed by atoms with Gasteiger partial charge in [0.05, 0.1) is 18.3 Å². The maximum Gasteiger partial charge on any atom is 0.262 e. The smallest absolute Gasteiger partial charge is 0.262 e. The molecule has 0 atom stereocenters. The van der Waals surface area contributed by atoms with E-state index in [4.69, 9.17) is 0 Å². The number of carbonyl (C=O) groups excluding carboxylic acids is 1. The van der Waals surface area contributed by atoms with Gasteiger partial charge in [0.1, 0.15) is 4.83 Å². The maximum atomic E-state index is 12.5. The van der Waals surface area contributed by atoms with Crippen LogP contribution in [-0.4, -0.2) is 15.3 Å². The molecule has 23 heavy (non-hydrogen) atoms. The lowest BCUT2D eigenvalue weighted by atomic mass is 10.0. The van der Waals surface area contributed by atoms with Gasteiger partial charge >= 0.3 is 0 Å². The van der Waals surface area contributed by atoms with Crippen molar-refractivity contribution in [3.63, 3.8) is 0 Å². The molecule has 0 aliphatic carbocycles. The Kier molecular flexibility index (Phi) is 4.13. The first-order chi connectivity index (χ1) is 11.0. The van der Waals surface area contributed by atoms with E-state index in [0.29, 0.717) is 10.9 Å². The second kappa shape index (κ2) is 6.08. The van der Waals surface area contributed by atoms with E-state index < -0.39 is 0 Å². The first kappa shape index (κ1) is 15.6. The standard InChI is InChI=1S/C18H18N2O2S/c1-4-14-8-15-17(23-14)19-10-20(18(15)22)9-16(21)13-6-5-11(2)12(3)7-13/h5-8,10H,4,9H2,1-3H3. The summed E-state index contributed by atoms with van der Waals surface area (Å²) < 4.78 is 1.39. The summed E-state index contributed by atoms with van der Waals surface area (Å²) in [5, 5.41) is 0.599. The molecular formula is C18H18N2O2S. The van der Waals surface area contributed by atoms with Gasteiger partial charge in [0.25, 0.3) is 5.56 Å². The Morgan fingerprint density at radius 2 is 2.00 bits per heavy atom. The van der Waals surface area contributed by atoms with Crippen molar-refractivity contribution < 1.29 is 4.79 Å². The normalized spacial score (nSPS) is 11.1. The molecule has 0 amide bonds. The fourth-order valence-electron chi connectivity index (χ4n) is 2.46. The zero-order valence-corrected chi connectivity index (χ0v) is 14.2. The molecule has 2 aromatic heterocycles. The van der Waals surface area contributed by atoms with Gasteiger partial charge in [-0.25, -0.2) is 4.98 Å². The first-order valence-corrected chi connectivity index (χ1v) is 8.39. The Morgan fingerprint density at radius 1 is 1.22 bits per heavy atom. The SMILES string of the molecule is CCc1cc2c(=O)n(CC(=O)c3ccc(C)c(C)c3)cnc2s1. The predicted octanol–water partition coefficient (Wildman–Crippen LogP) is 3.52. The number of benzene rings is 1. The number of ketones is 1. The number of aryl methyl sites for hydroxylation is 3. The van der Waals surface area contributed by atoms with E-state index in [-0.39, 0.29) is 17.9 Å². The van der Waals surface area contributed by atoms with Crippen LogP contribution in [0, 0.1) is 13.8 Å². The van der Waals surface area contributed by atoms with E-state index >= 15 is 0 Å². The molecule has 0 unspecified atom stereocenters. The molecule has 0 saturated carbocycles. The second-order valence-corrected chi connectivity index (χ2v) is 6.80. The van der Waals surface area contributed by atoms with Crippen molar-refractivity contribution >= 4 is 27.3 Å². The van der Waals surface area contributed by atoms with Crippen LogP contribution in [0.4, 0.5) is 0 Å². The number of hydrogen-bond acceptors (Lipinski definition) is 4. The summed E-state index contributed by atoms with van der Waals surface area (Å²) in [5.41, 5.74) is 2.69. The average Bonchev–Trinajstić information content (AvgIpc) is 2.97. The summed E-state index contributed by atoms with van der Waals surface area (Å²) in [5.74, 6) is -0.0812. The number of rotatable bonds is 4. The lowest BCUT2D eigenvalue weighted by Gasteiger charge is -2.06. The van der Waals surface area contributed by atoms with E-state index in [2.05, 4.69) is 4.98 Å². The van der Waals surface area contributed by atoms with Crippen molar-refractivity contribution in [2.75, 3.05) is 0 Å². The number of aromatic nitrogens is 2. The van der Waals surface area contributed by atoms with Crippen LogP contribution in [0.1, 0.15) is 33.3 Å². The summed E-state index contributed by atoms with van der Waals surface area (Å²) in [6, 6.07) is 7.49. The van der Waals surface area contributed by atoms with E-state index in [1.54, 1.807) is 6.07 Å². The minimum absolute atomic E-state index is 0.0155. The van der Waals surface area contributed by atoms with E-state index in [0.717, 1.165) is 27.3 Å². The molecule has 2 heterocycles. The largest absolute Gasteiger partial charge is 0.292 e. The topological polar surface area (TPSA) is 52.0 Å². The average molecular weight is 326 g/mol. The summed E-state index contributed by atoms with van der Waals surface area (Å²) >= 11 is 1.53. The van der Waals surface area contributed by atoms with Crippen LogP contribution in [0.3, 0.4) is 0 Å². The molecule has 3 rings (SSSR count). The second-order valence-electron chi connectivity index (χ2n) is 5.68. The van der Waals surface area contributed by atoms with Gasteiger partial charge < -0.3 is 0 Å². The molecule has 0 aliphatic rings. The Bertz CT molecular complexity index is 953. The zero-order chi connectivity index (χ0) is 16.6. The number of hydrogen-bond donors (Lipinski definition) is 0.